The molecule has 14 heavy (non-hydrogen) atoms. The third-order valence-electron chi connectivity index (χ3n) is 3.24. The summed E-state index contributed by atoms with van der Waals surface area (Å²) in [6.45, 7) is 5.85. The van der Waals surface area contributed by atoms with E-state index in [-0.39, 0.29) is 5.97 Å². The Kier molecular flexibility index (Phi) is 4.39. The third kappa shape index (κ3) is 2.98. The van der Waals surface area contributed by atoms with E-state index in [9.17, 15) is 4.79 Å². The number of nitrogens with one attached hydrogen (secondary N) is 1. The van der Waals surface area contributed by atoms with Crippen LogP contribution in [0.15, 0.2) is 0 Å². The molecular formula is C11H21NO2. The van der Waals surface area contributed by atoms with E-state index in [1.807, 2.05) is 6.92 Å². The Balaban J connectivity index is 2.11. The second kappa shape index (κ2) is 5.35. The largest absolute Gasteiger partial charge is 0.465 e. The normalized spacial score (nSPS) is 18.7. The molecule has 1 fully saturated rings. The minimum Gasteiger partial charge on any atom is -0.465 e. The Morgan fingerprint density at radius 2 is 2.14 bits per heavy atom. The van der Waals surface area contributed by atoms with Gasteiger partial charge >= 0.3 is 5.97 Å². The van der Waals surface area contributed by atoms with E-state index in [0.717, 1.165) is 6.54 Å². The number of rotatable bonds is 6. The molecule has 1 rings (SSSR count). The first-order valence-corrected chi connectivity index (χ1v) is 5.59. The lowest BCUT2D eigenvalue weighted by Crippen LogP contribution is -2.41. The average molecular weight is 199 g/mol. The molecule has 1 aliphatic carbocycles. The lowest BCUT2D eigenvalue weighted by molar-refractivity contribution is -0.142. The van der Waals surface area contributed by atoms with Crippen molar-refractivity contribution in [3.8, 4) is 0 Å². The molecular weight excluding hydrogens is 178 g/mol. The summed E-state index contributed by atoms with van der Waals surface area (Å²) in [6.07, 6.45) is 5.16. The number of hydrogen-bond donors (Lipinski definition) is 1. The summed E-state index contributed by atoms with van der Waals surface area (Å²) in [5.74, 6) is -0.141. The van der Waals surface area contributed by atoms with Gasteiger partial charge in [-0.05, 0) is 31.6 Å². The van der Waals surface area contributed by atoms with Crippen LogP contribution in [0.25, 0.3) is 0 Å². The maximum atomic E-state index is 11.0. The molecule has 0 aromatic heterocycles. The molecule has 0 unspecified atom stereocenters. The van der Waals surface area contributed by atoms with Crippen molar-refractivity contribution in [1.29, 1.82) is 0 Å². The van der Waals surface area contributed by atoms with Crippen molar-refractivity contribution in [2.24, 2.45) is 5.41 Å². The van der Waals surface area contributed by atoms with Gasteiger partial charge in [0.15, 0.2) is 0 Å². The third-order valence-corrected chi connectivity index (χ3v) is 3.24. The predicted molar refractivity (Wildman–Crippen MR) is 56.1 cm³/mol. The Morgan fingerprint density at radius 3 is 2.57 bits per heavy atom. The molecule has 3 nitrogen and oxygen atoms in total. The van der Waals surface area contributed by atoms with Gasteiger partial charge in [0.05, 0.1) is 13.2 Å². The van der Waals surface area contributed by atoms with Crippen molar-refractivity contribution in [3.05, 3.63) is 0 Å². The summed E-state index contributed by atoms with van der Waals surface area (Å²) >= 11 is 0. The molecule has 0 heterocycles. The summed E-state index contributed by atoms with van der Waals surface area (Å²) in [5.41, 5.74) is 0.479. The molecule has 0 bridgehead atoms. The molecule has 0 aromatic carbocycles. The lowest BCUT2D eigenvalue weighted by atomic mass is 9.67. The Morgan fingerprint density at radius 1 is 1.43 bits per heavy atom. The number of ether oxygens (including phenoxy) is 1. The fraction of sp³-hybridized carbons (Fsp3) is 0.909. The van der Waals surface area contributed by atoms with Gasteiger partial charge in [-0.15, -0.1) is 0 Å². The standard InChI is InChI=1S/C11H21NO2/c1-3-11(6-5-7-11)9-12-8-10(13)14-4-2/h12H,3-9H2,1-2H3. The monoisotopic (exact) mass is 199 g/mol. The molecule has 1 saturated carbocycles. The Hall–Kier alpha value is -0.570. The fourth-order valence-corrected chi connectivity index (χ4v) is 1.97. The van der Waals surface area contributed by atoms with E-state index < -0.39 is 0 Å². The second-order valence-electron chi connectivity index (χ2n) is 4.12. The van der Waals surface area contributed by atoms with E-state index in [0.29, 0.717) is 18.6 Å². The first kappa shape index (κ1) is 11.5. The zero-order chi connectivity index (χ0) is 10.4. The van der Waals surface area contributed by atoms with Crippen LogP contribution < -0.4 is 5.32 Å². The molecule has 0 aliphatic heterocycles. The SMILES string of the molecule is CCOC(=O)CNCC1(CC)CCC1. The molecule has 0 amide bonds. The molecule has 0 atom stereocenters. The van der Waals surface area contributed by atoms with Crippen molar-refractivity contribution in [1.82, 2.24) is 5.32 Å². The van der Waals surface area contributed by atoms with Crippen LogP contribution >= 0.6 is 0 Å². The van der Waals surface area contributed by atoms with Crippen molar-refractivity contribution < 1.29 is 9.53 Å². The second-order valence-corrected chi connectivity index (χ2v) is 4.12. The maximum absolute atomic E-state index is 11.0. The van der Waals surface area contributed by atoms with E-state index in [2.05, 4.69) is 12.2 Å². The molecule has 1 aliphatic rings. The average Bonchev–Trinajstić information content (AvgIpc) is 2.10. The highest BCUT2D eigenvalue weighted by Gasteiger charge is 2.34. The van der Waals surface area contributed by atoms with Gasteiger partial charge in [-0.2, -0.15) is 0 Å². The first-order chi connectivity index (χ1) is 6.72. The van der Waals surface area contributed by atoms with Gasteiger partial charge in [0.25, 0.3) is 0 Å². The molecule has 3 heteroatoms. The van der Waals surface area contributed by atoms with Gasteiger partial charge in [0.1, 0.15) is 0 Å². The van der Waals surface area contributed by atoms with Crippen LogP contribution in [-0.4, -0.2) is 25.7 Å². The molecule has 0 spiro atoms. The predicted octanol–water partition coefficient (Wildman–Crippen LogP) is 1.72. The van der Waals surface area contributed by atoms with E-state index in [1.54, 1.807) is 0 Å². The molecule has 0 radical (unpaired) electrons. The smallest absolute Gasteiger partial charge is 0.319 e. The molecule has 1 N–H and O–H groups in total. The van der Waals surface area contributed by atoms with Gasteiger partial charge in [-0.25, -0.2) is 0 Å². The van der Waals surface area contributed by atoms with Crippen LogP contribution in [0, 0.1) is 5.41 Å². The number of hydrogen-bond acceptors (Lipinski definition) is 3. The maximum Gasteiger partial charge on any atom is 0.319 e. The highest BCUT2D eigenvalue weighted by molar-refractivity contribution is 5.71. The highest BCUT2D eigenvalue weighted by atomic mass is 16.5. The minimum absolute atomic E-state index is 0.141. The summed E-state index contributed by atoms with van der Waals surface area (Å²) in [4.78, 5) is 11.0. The molecule has 0 saturated heterocycles. The van der Waals surface area contributed by atoms with Crippen LogP contribution in [0.4, 0.5) is 0 Å². The van der Waals surface area contributed by atoms with Gasteiger partial charge in [-0.3, -0.25) is 4.79 Å². The minimum atomic E-state index is -0.141. The summed E-state index contributed by atoms with van der Waals surface area (Å²) in [6, 6.07) is 0. The van der Waals surface area contributed by atoms with Crippen molar-refractivity contribution >= 4 is 5.97 Å². The van der Waals surface area contributed by atoms with Gasteiger partial charge in [0.2, 0.25) is 0 Å². The van der Waals surface area contributed by atoms with Gasteiger partial charge < -0.3 is 10.1 Å². The summed E-state index contributed by atoms with van der Waals surface area (Å²) in [5, 5.41) is 3.19. The van der Waals surface area contributed by atoms with Crippen LogP contribution in [0.2, 0.25) is 0 Å². The fourth-order valence-electron chi connectivity index (χ4n) is 1.97. The Bertz CT molecular complexity index is 182. The summed E-state index contributed by atoms with van der Waals surface area (Å²) in [7, 11) is 0. The number of carbonyl (C=O) groups excluding carboxylic acids is 1. The van der Waals surface area contributed by atoms with E-state index >= 15 is 0 Å². The van der Waals surface area contributed by atoms with Crippen molar-refractivity contribution in [2.45, 2.75) is 39.5 Å². The Labute approximate surface area is 86.2 Å². The van der Waals surface area contributed by atoms with E-state index in [1.165, 1.54) is 25.7 Å². The van der Waals surface area contributed by atoms with Crippen LogP contribution in [0.1, 0.15) is 39.5 Å². The highest BCUT2D eigenvalue weighted by Crippen LogP contribution is 2.42. The topological polar surface area (TPSA) is 38.3 Å². The van der Waals surface area contributed by atoms with Crippen LogP contribution in [-0.2, 0) is 9.53 Å². The van der Waals surface area contributed by atoms with E-state index in [4.69, 9.17) is 4.74 Å². The summed E-state index contributed by atoms with van der Waals surface area (Å²) < 4.78 is 4.84. The molecule has 82 valence electrons. The first-order valence-electron chi connectivity index (χ1n) is 5.59. The zero-order valence-electron chi connectivity index (χ0n) is 9.27. The van der Waals surface area contributed by atoms with Gasteiger partial charge in [-0.1, -0.05) is 13.3 Å². The van der Waals surface area contributed by atoms with Crippen molar-refractivity contribution in [3.63, 3.8) is 0 Å². The van der Waals surface area contributed by atoms with Crippen molar-refractivity contribution in [2.75, 3.05) is 19.7 Å². The van der Waals surface area contributed by atoms with Crippen LogP contribution in [0.5, 0.6) is 0 Å². The lowest BCUT2D eigenvalue weighted by Gasteiger charge is -2.41. The zero-order valence-corrected chi connectivity index (χ0v) is 9.27. The quantitative estimate of drug-likeness (QED) is 0.662. The van der Waals surface area contributed by atoms with Gasteiger partial charge in [0, 0.05) is 6.54 Å². The number of esters is 1. The van der Waals surface area contributed by atoms with Crippen LogP contribution in [0.3, 0.4) is 0 Å². The molecule has 0 aromatic rings. The number of carbonyl (C=O) groups is 1.